The van der Waals surface area contributed by atoms with Crippen molar-refractivity contribution in [3.8, 4) is 10.7 Å². The van der Waals surface area contributed by atoms with Crippen LogP contribution in [0.25, 0.3) is 21.6 Å². The van der Waals surface area contributed by atoms with Gasteiger partial charge in [-0.1, -0.05) is 18.5 Å². The van der Waals surface area contributed by atoms with Crippen LogP contribution in [-0.4, -0.2) is 9.97 Å². The third-order valence-electron chi connectivity index (χ3n) is 3.56. The van der Waals surface area contributed by atoms with Gasteiger partial charge in [0, 0.05) is 10.3 Å². The number of hydrogen-bond acceptors (Lipinski definition) is 3. The van der Waals surface area contributed by atoms with E-state index in [-0.39, 0.29) is 5.82 Å². The monoisotopic (exact) mass is 320 g/mol. The lowest BCUT2D eigenvalue weighted by atomic mass is 10.1. The van der Waals surface area contributed by atoms with Crippen molar-refractivity contribution < 1.29 is 4.39 Å². The van der Waals surface area contributed by atoms with Crippen LogP contribution in [0, 0.1) is 19.7 Å². The number of hydrogen-bond donors (Lipinski definition) is 0. The number of nitrogens with zero attached hydrogens (tertiary/aromatic N) is 2. The fraction of sp³-hybridized carbons (Fsp3) is 0.250. The Balaban J connectivity index is 2.29. The Morgan fingerprint density at radius 3 is 2.57 bits per heavy atom. The summed E-state index contributed by atoms with van der Waals surface area (Å²) in [6.45, 7) is 6.10. The zero-order chi connectivity index (χ0) is 15.1. The fourth-order valence-electron chi connectivity index (χ4n) is 2.29. The molecule has 5 heteroatoms. The number of thiophene rings is 1. The molecule has 0 unspecified atom stereocenters. The Bertz CT molecular complexity index is 822. The minimum Gasteiger partial charge on any atom is -0.227 e. The van der Waals surface area contributed by atoms with Crippen LogP contribution < -0.4 is 0 Å². The summed E-state index contributed by atoms with van der Waals surface area (Å²) in [5, 5.41) is 0.871. The van der Waals surface area contributed by atoms with E-state index in [1.807, 2.05) is 6.92 Å². The molecular formula is C16H14ClFN2S. The van der Waals surface area contributed by atoms with Gasteiger partial charge in [0.1, 0.15) is 11.0 Å². The lowest BCUT2D eigenvalue weighted by Crippen LogP contribution is -1.95. The Kier molecular flexibility index (Phi) is 3.68. The summed E-state index contributed by atoms with van der Waals surface area (Å²) in [7, 11) is 0. The summed E-state index contributed by atoms with van der Waals surface area (Å²) in [5.74, 6) is 0.301. The Morgan fingerprint density at radius 1 is 1.19 bits per heavy atom. The minimum atomic E-state index is -0.305. The van der Waals surface area contributed by atoms with E-state index >= 15 is 0 Å². The molecule has 0 N–H and O–H groups in total. The van der Waals surface area contributed by atoms with E-state index in [0.29, 0.717) is 22.8 Å². The van der Waals surface area contributed by atoms with Crippen molar-refractivity contribution in [2.45, 2.75) is 27.2 Å². The van der Waals surface area contributed by atoms with Crippen LogP contribution in [0.15, 0.2) is 18.2 Å². The van der Waals surface area contributed by atoms with E-state index in [4.69, 9.17) is 11.6 Å². The standard InChI is InChI=1S/C16H14ClFN2S/c1-4-10-6-11(18)7-12-14(10)19-16(20-15(12)17)13-5-8(2)9(3)21-13/h5-7H,4H2,1-3H3. The molecule has 3 aromatic rings. The second-order valence-electron chi connectivity index (χ2n) is 5.00. The van der Waals surface area contributed by atoms with Crippen LogP contribution in [0.3, 0.4) is 0 Å². The molecule has 0 atom stereocenters. The molecule has 1 aromatic carbocycles. The summed E-state index contributed by atoms with van der Waals surface area (Å²) in [6, 6.07) is 4.97. The minimum absolute atomic E-state index is 0.299. The molecule has 2 nitrogen and oxygen atoms in total. The summed E-state index contributed by atoms with van der Waals surface area (Å²) in [4.78, 5) is 11.2. The van der Waals surface area contributed by atoms with Gasteiger partial charge in [-0.3, -0.25) is 0 Å². The predicted molar refractivity (Wildman–Crippen MR) is 86.7 cm³/mol. The topological polar surface area (TPSA) is 25.8 Å². The highest BCUT2D eigenvalue weighted by Gasteiger charge is 2.14. The van der Waals surface area contributed by atoms with Gasteiger partial charge in [0.05, 0.1) is 10.4 Å². The van der Waals surface area contributed by atoms with Crippen molar-refractivity contribution in [2.75, 3.05) is 0 Å². The SMILES string of the molecule is CCc1cc(F)cc2c(Cl)nc(-c3cc(C)c(C)s3)nc12. The summed E-state index contributed by atoms with van der Waals surface area (Å²) in [6.07, 6.45) is 0.698. The van der Waals surface area contributed by atoms with Crippen molar-refractivity contribution in [3.05, 3.63) is 45.2 Å². The second kappa shape index (κ2) is 5.35. The molecule has 0 aliphatic heterocycles. The molecule has 0 saturated heterocycles. The van der Waals surface area contributed by atoms with Gasteiger partial charge in [-0.2, -0.15) is 0 Å². The smallest absolute Gasteiger partial charge is 0.171 e. The average molecular weight is 321 g/mol. The van der Waals surface area contributed by atoms with Gasteiger partial charge in [0.2, 0.25) is 0 Å². The summed E-state index contributed by atoms with van der Waals surface area (Å²) >= 11 is 7.89. The molecule has 0 spiro atoms. The highest BCUT2D eigenvalue weighted by atomic mass is 35.5. The van der Waals surface area contributed by atoms with Crippen molar-refractivity contribution in [1.82, 2.24) is 9.97 Å². The van der Waals surface area contributed by atoms with Crippen LogP contribution in [0.1, 0.15) is 22.9 Å². The van der Waals surface area contributed by atoms with Crippen LogP contribution >= 0.6 is 22.9 Å². The zero-order valence-electron chi connectivity index (χ0n) is 12.0. The number of rotatable bonds is 2. The molecule has 0 fully saturated rings. The van der Waals surface area contributed by atoms with Crippen LogP contribution in [0.5, 0.6) is 0 Å². The summed E-state index contributed by atoms with van der Waals surface area (Å²) < 4.78 is 13.6. The predicted octanol–water partition coefficient (Wildman–Crippen LogP) is 5.33. The second-order valence-corrected chi connectivity index (χ2v) is 6.62. The van der Waals surface area contributed by atoms with Crippen molar-refractivity contribution >= 4 is 33.8 Å². The van der Waals surface area contributed by atoms with Crippen molar-refractivity contribution in [3.63, 3.8) is 0 Å². The highest BCUT2D eigenvalue weighted by Crippen LogP contribution is 2.32. The third-order valence-corrected chi connectivity index (χ3v) is 5.00. The van der Waals surface area contributed by atoms with Gasteiger partial charge in [-0.15, -0.1) is 11.3 Å². The fourth-order valence-corrected chi connectivity index (χ4v) is 3.48. The van der Waals surface area contributed by atoms with E-state index in [0.717, 1.165) is 16.0 Å². The lowest BCUT2D eigenvalue weighted by Gasteiger charge is -2.07. The zero-order valence-corrected chi connectivity index (χ0v) is 13.6. The van der Waals surface area contributed by atoms with Gasteiger partial charge in [-0.25, -0.2) is 14.4 Å². The van der Waals surface area contributed by atoms with Gasteiger partial charge in [0.15, 0.2) is 5.82 Å². The molecule has 2 heterocycles. The van der Waals surface area contributed by atoms with Crippen molar-refractivity contribution in [2.24, 2.45) is 0 Å². The first kappa shape index (κ1) is 14.4. The first-order valence-electron chi connectivity index (χ1n) is 6.72. The maximum Gasteiger partial charge on any atom is 0.171 e. The molecule has 0 aliphatic carbocycles. The molecule has 0 radical (unpaired) electrons. The molecule has 2 aromatic heterocycles. The number of benzene rings is 1. The van der Waals surface area contributed by atoms with E-state index < -0.39 is 0 Å². The Labute approximate surface area is 131 Å². The molecular weight excluding hydrogens is 307 g/mol. The maximum atomic E-state index is 13.6. The van der Waals surface area contributed by atoms with E-state index in [9.17, 15) is 4.39 Å². The van der Waals surface area contributed by atoms with Crippen LogP contribution in [0.2, 0.25) is 5.15 Å². The molecule has 21 heavy (non-hydrogen) atoms. The van der Waals surface area contributed by atoms with Gasteiger partial charge >= 0.3 is 0 Å². The van der Waals surface area contributed by atoms with E-state index in [1.165, 1.54) is 22.6 Å². The third kappa shape index (κ3) is 2.54. The first-order chi connectivity index (χ1) is 9.99. The number of fused-ring (bicyclic) bond motifs is 1. The van der Waals surface area contributed by atoms with E-state index in [2.05, 4.69) is 29.9 Å². The van der Waals surface area contributed by atoms with Gasteiger partial charge < -0.3 is 0 Å². The van der Waals surface area contributed by atoms with Crippen molar-refractivity contribution in [1.29, 1.82) is 0 Å². The molecule has 3 rings (SSSR count). The first-order valence-corrected chi connectivity index (χ1v) is 7.92. The normalized spacial score (nSPS) is 11.3. The molecule has 108 valence electrons. The van der Waals surface area contributed by atoms with Crippen LogP contribution in [-0.2, 0) is 6.42 Å². The number of halogens is 2. The van der Waals surface area contributed by atoms with Gasteiger partial charge in [0.25, 0.3) is 0 Å². The molecule has 0 saturated carbocycles. The number of aryl methyl sites for hydroxylation is 3. The molecule has 0 aliphatic rings. The summed E-state index contributed by atoms with van der Waals surface area (Å²) in [5.41, 5.74) is 2.79. The average Bonchev–Trinajstić information content (AvgIpc) is 2.78. The molecule has 0 bridgehead atoms. The highest BCUT2D eigenvalue weighted by molar-refractivity contribution is 7.15. The largest absolute Gasteiger partial charge is 0.227 e. The Morgan fingerprint density at radius 2 is 1.95 bits per heavy atom. The quantitative estimate of drug-likeness (QED) is 0.596. The number of aromatic nitrogens is 2. The van der Waals surface area contributed by atoms with Gasteiger partial charge in [-0.05, 0) is 49.6 Å². The molecule has 0 amide bonds. The lowest BCUT2D eigenvalue weighted by molar-refractivity contribution is 0.627. The van der Waals surface area contributed by atoms with E-state index in [1.54, 1.807) is 11.3 Å². The van der Waals surface area contributed by atoms with Crippen LogP contribution in [0.4, 0.5) is 4.39 Å². The maximum absolute atomic E-state index is 13.6. The Hall–Kier alpha value is -1.52.